The van der Waals surface area contributed by atoms with Crippen molar-refractivity contribution in [3.8, 4) is 0 Å². The molecule has 3 rings (SSSR count). The van der Waals surface area contributed by atoms with Gasteiger partial charge in [-0.2, -0.15) is 0 Å². The van der Waals surface area contributed by atoms with Crippen LogP contribution in [-0.2, 0) is 6.54 Å². The first kappa shape index (κ1) is 15.7. The van der Waals surface area contributed by atoms with E-state index >= 15 is 0 Å². The Morgan fingerprint density at radius 2 is 1.87 bits per heavy atom. The van der Waals surface area contributed by atoms with Crippen molar-refractivity contribution >= 4 is 11.6 Å². The Morgan fingerprint density at radius 3 is 2.43 bits per heavy atom. The molecule has 1 fully saturated rings. The second-order valence-electron chi connectivity index (χ2n) is 6.62. The lowest BCUT2D eigenvalue weighted by Gasteiger charge is -2.12. The molecule has 0 atom stereocenters. The molecule has 1 saturated carbocycles. The summed E-state index contributed by atoms with van der Waals surface area (Å²) in [5.41, 5.74) is 5.59. The van der Waals surface area contributed by atoms with Gasteiger partial charge in [-0.05, 0) is 62.6 Å². The summed E-state index contributed by atoms with van der Waals surface area (Å²) in [6.07, 6.45) is 2.56. The minimum Gasteiger partial charge on any atom is -0.378 e. The van der Waals surface area contributed by atoms with Gasteiger partial charge in [0.1, 0.15) is 0 Å². The quantitative estimate of drug-likeness (QED) is 0.918. The van der Waals surface area contributed by atoms with E-state index in [1.54, 1.807) is 0 Å². The number of hydrogen-bond acceptors (Lipinski definition) is 2. The standard InChI is InChI=1S/C19H25N3O/c1-13-11-16(14(2)22(13)18-9-10-18)12-20-19(23)15-5-7-17(8-6-15)21(3)4/h5-8,11,18H,9-10,12H2,1-4H3,(H,20,23). The summed E-state index contributed by atoms with van der Waals surface area (Å²) in [6, 6.07) is 10.6. The Balaban J connectivity index is 1.66. The first-order chi connectivity index (χ1) is 11.0. The maximum Gasteiger partial charge on any atom is 0.251 e. The van der Waals surface area contributed by atoms with Crippen LogP contribution in [0.15, 0.2) is 30.3 Å². The molecule has 2 aromatic rings. The van der Waals surface area contributed by atoms with Crippen LogP contribution >= 0.6 is 0 Å². The molecule has 0 spiro atoms. The molecule has 1 aliphatic carbocycles. The van der Waals surface area contributed by atoms with Gasteiger partial charge in [-0.1, -0.05) is 0 Å². The summed E-state index contributed by atoms with van der Waals surface area (Å²) in [6.45, 7) is 4.88. The lowest BCUT2D eigenvalue weighted by Crippen LogP contribution is -2.23. The Bertz CT molecular complexity index is 709. The predicted octanol–water partition coefficient (Wildman–Crippen LogP) is 3.44. The number of aromatic nitrogens is 1. The van der Waals surface area contributed by atoms with E-state index in [9.17, 15) is 4.79 Å². The highest BCUT2D eigenvalue weighted by Crippen LogP contribution is 2.38. The van der Waals surface area contributed by atoms with Crippen LogP contribution in [0.25, 0.3) is 0 Å². The van der Waals surface area contributed by atoms with E-state index in [2.05, 4.69) is 29.8 Å². The number of nitrogens with zero attached hydrogens (tertiary/aromatic N) is 2. The molecule has 1 aromatic carbocycles. The number of anilines is 1. The van der Waals surface area contributed by atoms with Crippen molar-refractivity contribution < 1.29 is 4.79 Å². The molecule has 0 bridgehead atoms. The molecule has 0 unspecified atom stereocenters. The lowest BCUT2D eigenvalue weighted by molar-refractivity contribution is 0.0951. The third kappa shape index (κ3) is 3.26. The van der Waals surface area contributed by atoms with Gasteiger partial charge in [0.25, 0.3) is 5.91 Å². The van der Waals surface area contributed by atoms with E-state index in [-0.39, 0.29) is 5.91 Å². The molecular weight excluding hydrogens is 286 g/mol. The van der Waals surface area contributed by atoms with Crippen LogP contribution in [0.1, 0.15) is 46.2 Å². The number of carbonyl (C=O) groups excluding carboxylic acids is 1. The summed E-state index contributed by atoms with van der Waals surface area (Å²) in [5.74, 6) is -0.0217. The average molecular weight is 311 g/mol. The summed E-state index contributed by atoms with van der Waals surface area (Å²) in [5, 5.41) is 3.04. The fourth-order valence-electron chi connectivity index (χ4n) is 3.11. The molecule has 1 N–H and O–H groups in total. The molecule has 0 saturated heterocycles. The first-order valence-electron chi connectivity index (χ1n) is 8.20. The van der Waals surface area contributed by atoms with Crippen molar-refractivity contribution in [2.45, 2.75) is 39.3 Å². The van der Waals surface area contributed by atoms with E-state index in [1.165, 1.54) is 29.8 Å². The zero-order chi connectivity index (χ0) is 16.6. The molecule has 4 heteroatoms. The Kier molecular flexibility index (Phi) is 4.16. The number of amides is 1. The summed E-state index contributed by atoms with van der Waals surface area (Å²) in [4.78, 5) is 14.3. The van der Waals surface area contributed by atoms with E-state index in [0.29, 0.717) is 18.2 Å². The molecule has 0 radical (unpaired) electrons. The van der Waals surface area contributed by atoms with Gasteiger partial charge in [-0.25, -0.2) is 0 Å². The van der Waals surface area contributed by atoms with Crippen LogP contribution < -0.4 is 10.2 Å². The summed E-state index contributed by atoms with van der Waals surface area (Å²) < 4.78 is 2.41. The Morgan fingerprint density at radius 1 is 1.22 bits per heavy atom. The van der Waals surface area contributed by atoms with Crippen molar-refractivity contribution in [3.05, 3.63) is 52.8 Å². The largest absolute Gasteiger partial charge is 0.378 e. The Labute approximate surface area is 138 Å². The molecule has 1 amide bonds. The van der Waals surface area contributed by atoms with Crippen LogP contribution in [0, 0.1) is 13.8 Å². The first-order valence-corrected chi connectivity index (χ1v) is 8.20. The van der Waals surface area contributed by atoms with Gasteiger partial charge in [0.2, 0.25) is 0 Å². The summed E-state index contributed by atoms with van der Waals surface area (Å²) in [7, 11) is 3.98. The highest BCUT2D eigenvalue weighted by atomic mass is 16.1. The number of hydrogen-bond donors (Lipinski definition) is 1. The third-order valence-electron chi connectivity index (χ3n) is 4.59. The van der Waals surface area contributed by atoms with E-state index < -0.39 is 0 Å². The van der Waals surface area contributed by atoms with Gasteiger partial charge in [0.15, 0.2) is 0 Å². The highest BCUT2D eigenvalue weighted by Gasteiger charge is 2.26. The second-order valence-corrected chi connectivity index (χ2v) is 6.62. The fourth-order valence-corrected chi connectivity index (χ4v) is 3.11. The van der Waals surface area contributed by atoms with Crippen LogP contribution in [0.2, 0.25) is 0 Å². The third-order valence-corrected chi connectivity index (χ3v) is 4.59. The van der Waals surface area contributed by atoms with Crippen molar-refractivity contribution in [3.63, 3.8) is 0 Å². The van der Waals surface area contributed by atoms with Crippen LogP contribution in [0.4, 0.5) is 5.69 Å². The molecule has 1 aliphatic rings. The molecular formula is C19H25N3O. The van der Waals surface area contributed by atoms with E-state index in [4.69, 9.17) is 0 Å². The topological polar surface area (TPSA) is 37.3 Å². The van der Waals surface area contributed by atoms with Crippen molar-refractivity contribution in [1.82, 2.24) is 9.88 Å². The monoisotopic (exact) mass is 311 g/mol. The minimum atomic E-state index is -0.0217. The predicted molar refractivity (Wildman–Crippen MR) is 94.1 cm³/mol. The smallest absolute Gasteiger partial charge is 0.251 e. The maximum absolute atomic E-state index is 12.3. The highest BCUT2D eigenvalue weighted by molar-refractivity contribution is 5.94. The zero-order valence-corrected chi connectivity index (χ0v) is 14.4. The molecule has 122 valence electrons. The molecule has 4 nitrogen and oxygen atoms in total. The van der Waals surface area contributed by atoms with Gasteiger partial charge in [0.05, 0.1) is 0 Å². The summed E-state index contributed by atoms with van der Waals surface area (Å²) >= 11 is 0. The fraction of sp³-hybridized carbons (Fsp3) is 0.421. The molecule has 1 heterocycles. The number of carbonyl (C=O) groups is 1. The second kappa shape index (κ2) is 6.11. The SMILES string of the molecule is Cc1cc(CNC(=O)c2ccc(N(C)C)cc2)c(C)n1C1CC1. The number of aryl methyl sites for hydroxylation is 1. The van der Waals surface area contributed by atoms with Crippen molar-refractivity contribution in [2.24, 2.45) is 0 Å². The number of benzene rings is 1. The van der Waals surface area contributed by atoms with E-state index in [0.717, 1.165) is 5.69 Å². The Hall–Kier alpha value is -2.23. The maximum atomic E-state index is 12.3. The molecule has 23 heavy (non-hydrogen) atoms. The van der Waals surface area contributed by atoms with Gasteiger partial charge in [-0.15, -0.1) is 0 Å². The number of rotatable bonds is 5. The van der Waals surface area contributed by atoms with Crippen LogP contribution in [0.3, 0.4) is 0 Å². The van der Waals surface area contributed by atoms with Gasteiger partial charge < -0.3 is 14.8 Å². The minimum absolute atomic E-state index is 0.0217. The van der Waals surface area contributed by atoms with Gasteiger partial charge >= 0.3 is 0 Å². The zero-order valence-electron chi connectivity index (χ0n) is 14.4. The normalized spacial score (nSPS) is 13.9. The lowest BCUT2D eigenvalue weighted by atomic mass is 10.1. The molecule has 0 aliphatic heterocycles. The van der Waals surface area contributed by atoms with Crippen LogP contribution in [0.5, 0.6) is 0 Å². The molecule has 1 aromatic heterocycles. The van der Waals surface area contributed by atoms with E-state index in [1.807, 2.05) is 43.3 Å². The van der Waals surface area contributed by atoms with Crippen molar-refractivity contribution in [2.75, 3.05) is 19.0 Å². The van der Waals surface area contributed by atoms with Crippen LogP contribution in [-0.4, -0.2) is 24.6 Å². The van der Waals surface area contributed by atoms with Gasteiger partial charge in [0, 0.05) is 49.3 Å². The average Bonchev–Trinajstić information content (AvgIpc) is 3.31. The van der Waals surface area contributed by atoms with Crippen molar-refractivity contribution in [1.29, 1.82) is 0 Å². The van der Waals surface area contributed by atoms with Gasteiger partial charge in [-0.3, -0.25) is 4.79 Å². The number of nitrogens with one attached hydrogen (secondary N) is 1.